The van der Waals surface area contributed by atoms with Gasteiger partial charge in [-0.3, -0.25) is 19.3 Å². The molecule has 2 heterocycles. The number of nitrogens with one attached hydrogen (secondary N) is 1. The van der Waals surface area contributed by atoms with E-state index in [0.717, 1.165) is 4.90 Å². The maximum absolute atomic E-state index is 12.1. The van der Waals surface area contributed by atoms with Gasteiger partial charge in [-0.1, -0.05) is 0 Å². The number of imide groups is 1. The van der Waals surface area contributed by atoms with Crippen LogP contribution >= 0.6 is 15.9 Å². The molecule has 20 heavy (non-hydrogen) atoms. The van der Waals surface area contributed by atoms with Crippen LogP contribution in [0, 0.1) is 0 Å². The van der Waals surface area contributed by atoms with E-state index in [2.05, 4.69) is 26.3 Å². The van der Waals surface area contributed by atoms with Crippen LogP contribution < -0.4 is 10.9 Å². The minimum Gasteiger partial charge on any atom is -0.371 e. The summed E-state index contributed by atoms with van der Waals surface area (Å²) in [6, 6.07) is -0.714. The Morgan fingerprint density at radius 1 is 1.40 bits per heavy atom. The van der Waals surface area contributed by atoms with Gasteiger partial charge in [0.1, 0.15) is 10.5 Å². The van der Waals surface area contributed by atoms with Gasteiger partial charge in [0, 0.05) is 7.05 Å². The minimum absolute atomic E-state index is 0.0614. The van der Waals surface area contributed by atoms with Crippen LogP contribution in [-0.2, 0) is 9.59 Å². The molecule has 0 aliphatic carbocycles. The van der Waals surface area contributed by atoms with Crippen molar-refractivity contribution in [3.05, 3.63) is 21.0 Å². The first-order valence-corrected chi connectivity index (χ1v) is 6.96. The van der Waals surface area contributed by atoms with Crippen LogP contribution in [0.4, 0.5) is 5.69 Å². The van der Waals surface area contributed by atoms with Crippen molar-refractivity contribution in [1.82, 2.24) is 14.7 Å². The molecule has 2 rings (SSSR count). The molecular weight excluding hydrogens is 328 g/mol. The highest BCUT2D eigenvalue weighted by Gasteiger charge is 2.36. The van der Waals surface area contributed by atoms with E-state index in [1.165, 1.54) is 17.9 Å². The Hall–Kier alpha value is -1.70. The minimum atomic E-state index is -0.653. The maximum Gasteiger partial charge on any atom is 0.283 e. The molecule has 2 amide bonds. The molecule has 8 heteroatoms. The summed E-state index contributed by atoms with van der Waals surface area (Å²) in [5.74, 6) is -0.554. The van der Waals surface area contributed by atoms with Gasteiger partial charge in [0.2, 0.25) is 5.91 Å². The fourth-order valence-electron chi connectivity index (χ4n) is 1.97. The number of rotatable bonds is 3. The zero-order valence-electron chi connectivity index (χ0n) is 11.4. The number of amides is 2. The lowest BCUT2D eigenvalue weighted by Crippen LogP contribution is -2.33. The number of likely N-dealkylation sites (N-methyl/N-ethyl adjacent to an activating group) is 1. The summed E-state index contributed by atoms with van der Waals surface area (Å²) in [4.78, 5) is 36.4. The summed E-state index contributed by atoms with van der Waals surface area (Å²) in [6.07, 6.45) is 1.55. The molecule has 1 fully saturated rings. The molecule has 0 aromatic carbocycles. The maximum atomic E-state index is 12.1. The second kappa shape index (κ2) is 5.35. The van der Waals surface area contributed by atoms with Gasteiger partial charge in [-0.2, -0.15) is 5.10 Å². The van der Waals surface area contributed by atoms with Crippen LogP contribution in [0.3, 0.4) is 0 Å². The summed E-state index contributed by atoms with van der Waals surface area (Å²) < 4.78 is 1.64. The molecule has 1 atom stereocenters. The average molecular weight is 343 g/mol. The Labute approximate surface area is 124 Å². The van der Waals surface area contributed by atoms with E-state index in [1.807, 2.05) is 13.8 Å². The summed E-state index contributed by atoms with van der Waals surface area (Å²) in [7, 11) is 1.44. The highest BCUT2D eigenvalue weighted by atomic mass is 79.9. The quantitative estimate of drug-likeness (QED) is 0.819. The number of carbonyl (C=O) groups is 2. The van der Waals surface area contributed by atoms with Gasteiger partial charge in [-0.25, -0.2) is 4.68 Å². The molecule has 1 saturated heterocycles. The van der Waals surface area contributed by atoms with Crippen molar-refractivity contribution in [3.8, 4) is 0 Å². The molecule has 1 aromatic rings. The first-order chi connectivity index (χ1) is 9.32. The third-order valence-corrected chi connectivity index (χ3v) is 3.91. The lowest BCUT2D eigenvalue weighted by atomic mass is 10.2. The van der Waals surface area contributed by atoms with Crippen molar-refractivity contribution in [2.24, 2.45) is 0 Å². The van der Waals surface area contributed by atoms with Gasteiger partial charge in [-0.05, 0) is 29.8 Å². The smallest absolute Gasteiger partial charge is 0.283 e. The Kier molecular flexibility index (Phi) is 3.94. The zero-order valence-corrected chi connectivity index (χ0v) is 13.0. The Morgan fingerprint density at radius 2 is 2.05 bits per heavy atom. The molecule has 108 valence electrons. The molecule has 1 aliphatic heterocycles. The molecule has 0 spiro atoms. The van der Waals surface area contributed by atoms with Gasteiger partial charge in [0.25, 0.3) is 11.5 Å². The second-order valence-electron chi connectivity index (χ2n) is 4.91. The summed E-state index contributed by atoms with van der Waals surface area (Å²) in [5.41, 5.74) is 0.128. The predicted octanol–water partition coefficient (Wildman–Crippen LogP) is 0.756. The Bertz CT molecular complexity index is 626. The van der Waals surface area contributed by atoms with Crippen LogP contribution in [0.15, 0.2) is 15.5 Å². The average Bonchev–Trinajstić information content (AvgIpc) is 2.62. The Morgan fingerprint density at radius 3 is 2.55 bits per heavy atom. The summed E-state index contributed by atoms with van der Waals surface area (Å²) in [6.45, 7) is 3.70. The molecule has 1 aromatic heterocycles. The van der Waals surface area contributed by atoms with E-state index >= 15 is 0 Å². The normalized spacial score (nSPS) is 19.1. The van der Waals surface area contributed by atoms with E-state index in [-0.39, 0.29) is 29.8 Å². The lowest BCUT2D eigenvalue weighted by molar-refractivity contribution is -0.136. The van der Waals surface area contributed by atoms with Crippen molar-refractivity contribution in [2.45, 2.75) is 32.4 Å². The number of hydrogen-bond acceptors (Lipinski definition) is 5. The number of nitrogens with zero attached hydrogens (tertiary/aromatic N) is 3. The third-order valence-electron chi connectivity index (χ3n) is 3.14. The largest absolute Gasteiger partial charge is 0.371 e. The molecule has 1 N–H and O–H groups in total. The zero-order chi connectivity index (χ0) is 15.0. The number of likely N-dealkylation sites (tertiary alicyclic amines) is 1. The van der Waals surface area contributed by atoms with Crippen molar-refractivity contribution in [3.63, 3.8) is 0 Å². The van der Waals surface area contributed by atoms with E-state index in [9.17, 15) is 14.4 Å². The molecule has 1 aliphatic rings. The molecule has 1 unspecified atom stereocenters. The SMILES string of the molecule is CC(C)n1ncc(NC2CC(=O)N(C)C2=O)c(Br)c1=O. The first-order valence-electron chi connectivity index (χ1n) is 6.17. The van der Waals surface area contributed by atoms with Crippen LogP contribution in [0.25, 0.3) is 0 Å². The van der Waals surface area contributed by atoms with Gasteiger partial charge < -0.3 is 5.32 Å². The van der Waals surface area contributed by atoms with Crippen LogP contribution in [0.1, 0.15) is 26.3 Å². The lowest BCUT2D eigenvalue weighted by Gasteiger charge is -2.15. The van der Waals surface area contributed by atoms with E-state index in [0.29, 0.717) is 10.2 Å². The highest BCUT2D eigenvalue weighted by Crippen LogP contribution is 2.21. The van der Waals surface area contributed by atoms with Gasteiger partial charge in [0.05, 0.1) is 24.3 Å². The van der Waals surface area contributed by atoms with Gasteiger partial charge in [-0.15, -0.1) is 0 Å². The molecule has 7 nitrogen and oxygen atoms in total. The number of halogens is 1. The second-order valence-corrected chi connectivity index (χ2v) is 5.70. The third kappa shape index (κ3) is 2.47. The fourth-order valence-corrected chi connectivity index (χ4v) is 2.37. The topological polar surface area (TPSA) is 84.3 Å². The Balaban J connectivity index is 2.28. The van der Waals surface area contributed by atoms with Crippen molar-refractivity contribution in [2.75, 3.05) is 12.4 Å². The molecular formula is C12H15BrN4O3. The number of aromatic nitrogens is 2. The van der Waals surface area contributed by atoms with Gasteiger partial charge >= 0.3 is 0 Å². The van der Waals surface area contributed by atoms with E-state index < -0.39 is 6.04 Å². The number of carbonyl (C=O) groups excluding carboxylic acids is 2. The first kappa shape index (κ1) is 14.7. The summed E-state index contributed by atoms with van der Waals surface area (Å²) >= 11 is 3.21. The van der Waals surface area contributed by atoms with E-state index in [4.69, 9.17) is 0 Å². The number of hydrogen-bond donors (Lipinski definition) is 1. The predicted molar refractivity (Wildman–Crippen MR) is 76.4 cm³/mol. The van der Waals surface area contributed by atoms with Gasteiger partial charge in [0.15, 0.2) is 0 Å². The fraction of sp³-hybridized carbons (Fsp3) is 0.500. The van der Waals surface area contributed by atoms with E-state index in [1.54, 1.807) is 0 Å². The molecule has 0 saturated carbocycles. The van der Waals surface area contributed by atoms with Crippen LogP contribution in [0.5, 0.6) is 0 Å². The van der Waals surface area contributed by atoms with Crippen LogP contribution in [0.2, 0.25) is 0 Å². The number of anilines is 1. The van der Waals surface area contributed by atoms with Crippen LogP contribution in [-0.4, -0.2) is 39.6 Å². The molecule has 0 radical (unpaired) electrons. The van der Waals surface area contributed by atoms with Crippen molar-refractivity contribution in [1.29, 1.82) is 0 Å². The van der Waals surface area contributed by atoms with Crippen molar-refractivity contribution >= 4 is 33.4 Å². The monoisotopic (exact) mass is 342 g/mol. The summed E-state index contributed by atoms with van der Waals surface area (Å²) in [5, 5.41) is 6.94. The molecule has 0 bridgehead atoms. The van der Waals surface area contributed by atoms with Crippen molar-refractivity contribution < 1.29 is 9.59 Å². The highest BCUT2D eigenvalue weighted by molar-refractivity contribution is 9.10. The standard InChI is InChI=1S/C12H15BrN4O3/c1-6(2)17-12(20)10(13)8(5-14-17)15-7-4-9(18)16(3)11(7)19/h5-7,15H,4H2,1-3H3.